The van der Waals surface area contributed by atoms with Gasteiger partial charge in [-0.3, -0.25) is 4.90 Å². The number of benzene rings is 1. The van der Waals surface area contributed by atoms with E-state index >= 15 is 0 Å². The maximum atomic E-state index is 13.3. The first-order valence-corrected chi connectivity index (χ1v) is 8.16. The van der Waals surface area contributed by atoms with Crippen molar-refractivity contribution < 1.29 is 4.39 Å². The highest BCUT2D eigenvalue weighted by Gasteiger charge is 2.36. The van der Waals surface area contributed by atoms with Crippen molar-refractivity contribution in [1.82, 2.24) is 10.2 Å². The molecule has 0 heterocycles. The number of nitrogens with one attached hydrogen (secondary N) is 1. The first-order valence-electron chi connectivity index (χ1n) is 7.79. The molecule has 0 radical (unpaired) electrons. The highest BCUT2D eigenvalue weighted by Crippen LogP contribution is 2.27. The predicted octanol–water partition coefficient (Wildman–Crippen LogP) is 4.12. The molecule has 21 heavy (non-hydrogen) atoms. The summed E-state index contributed by atoms with van der Waals surface area (Å²) in [5.74, 6) is -0.358. The maximum Gasteiger partial charge on any atom is 0.141 e. The Morgan fingerprint density at radius 1 is 1.29 bits per heavy atom. The molecule has 2 unspecified atom stereocenters. The van der Waals surface area contributed by atoms with Gasteiger partial charge >= 0.3 is 0 Å². The van der Waals surface area contributed by atoms with Gasteiger partial charge < -0.3 is 5.32 Å². The van der Waals surface area contributed by atoms with Gasteiger partial charge in [-0.1, -0.05) is 38.4 Å². The zero-order chi connectivity index (χ0) is 16.0. The Labute approximate surface area is 133 Å². The van der Waals surface area contributed by atoms with Crippen LogP contribution in [0.1, 0.15) is 39.7 Å². The molecule has 2 nitrogen and oxygen atoms in total. The second-order valence-corrected chi connectivity index (χ2v) is 6.08. The third-order valence-corrected chi connectivity index (χ3v) is 5.01. The molecule has 0 fully saturated rings. The van der Waals surface area contributed by atoms with Gasteiger partial charge in [0.25, 0.3) is 0 Å². The molecule has 120 valence electrons. The highest BCUT2D eigenvalue weighted by atomic mass is 35.5. The molecule has 0 aromatic heterocycles. The van der Waals surface area contributed by atoms with Crippen LogP contribution in [0.3, 0.4) is 0 Å². The average molecular weight is 315 g/mol. The van der Waals surface area contributed by atoms with Crippen LogP contribution >= 0.6 is 11.6 Å². The highest BCUT2D eigenvalue weighted by molar-refractivity contribution is 6.30. The second-order valence-electron chi connectivity index (χ2n) is 5.68. The smallest absolute Gasteiger partial charge is 0.141 e. The largest absolute Gasteiger partial charge is 0.315 e. The van der Waals surface area contributed by atoms with E-state index in [-0.39, 0.29) is 22.4 Å². The molecule has 0 aliphatic heterocycles. The van der Waals surface area contributed by atoms with Crippen LogP contribution in [-0.2, 0) is 6.42 Å². The van der Waals surface area contributed by atoms with Crippen LogP contribution in [-0.4, -0.2) is 36.6 Å². The van der Waals surface area contributed by atoms with Gasteiger partial charge in [0.1, 0.15) is 5.82 Å². The van der Waals surface area contributed by atoms with Crippen molar-refractivity contribution in [3.8, 4) is 0 Å². The molecule has 4 heteroatoms. The van der Waals surface area contributed by atoms with E-state index in [4.69, 9.17) is 11.6 Å². The van der Waals surface area contributed by atoms with Crippen molar-refractivity contribution >= 4 is 11.6 Å². The Bertz CT molecular complexity index is 448. The standard InChI is InChI=1S/C17H28ClFN2/c1-6-17(4,21(7-2)8-3)16(20-5)12-13-9-10-15(19)14(18)11-13/h9-11,16,20H,6-8,12H2,1-5H3. The molecule has 0 saturated carbocycles. The average Bonchev–Trinajstić information content (AvgIpc) is 2.49. The summed E-state index contributed by atoms with van der Waals surface area (Å²) in [5.41, 5.74) is 1.12. The number of hydrogen-bond acceptors (Lipinski definition) is 2. The Kier molecular flexibility index (Phi) is 7.11. The van der Waals surface area contributed by atoms with Crippen LogP contribution in [0.25, 0.3) is 0 Å². The Hall–Kier alpha value is -0.640. The lowest BCUT2D eigenvalue weighted by atomic mass is 9.83. The van der Waals surface area contributed by atoms with E-state index in [0.717, 1.165) is 31.5 Å². The monoisotopic (exact) mass is 314 g/mol. The van der Waals surface area contributed by atoms with Crippen molar-refractivity contribution in [2.24, 2.45) is 0 Å². The first-order chi connectivity index (χ1) is 9.92. The van der Waals surface area contributed by atoms with Crippen molar-refractivity contribution in [2.75, 3.05) is 20.1 Å². The van der Waals surface area contributed by atoms with Crippen molar-refractivity contribution in [3.05, 3.63) is 34.6 Å². The Morgan fingerprint density at radius 2 is 1.90 bits per heavy atom. The molecule has 2 atom stereocenters. The minimum absolute atomic E-state index is 0.0547. The SMILES string of the molecule is CCN(CC)C(C)(CC)C(Cc1ccc(F)c(Cl)c1)NC. The fourth-order valence-electron chi connectivity index (χ4n) is 3.17. The van der Waals surface area contributed by atoms with E-state index in [1.54, 1.807) is 6.07 Å². The van der Waals surface area contributed by atoms with Gasteiger partial charge in [-0.15, -0.1) is 0 Å². The maximum absolute atomic E-state index is 13.3. The van der Waals surface area contributed by atoms with Gasteiger partial charge in [-0.2, -0.15) is 0 Å². The van der Waals surface area contributed by atoms with Crippen LogP contribution in [0.2, 0.25) is 5.02 Å². The lowest BCUT2D eigenvalue weighted by Gasteiger charge is -2.46. The molecule has 0 amide bonds. The van der Waals surface area contributed by atoms with Crippen molar-refractivity contribution in [2.45, 2.75) is 52.1 Å². The fraction of sp³-hybridized carbons (Fsp3) is 0.647. The van der Waals surface area contributed by atoms with E-state index in [2.05, 4.69) is 37.9 Å². The third-order valence-electron chi connectivity index (χ3n) is 4.72. The van der Waals surface area contributed by atoms with Crippen LogP contribution in [0.5, 0.6) is 0 Å². The van der Waals surface area contributed by atoms with Crippen LogP contribution in [0.4, 0.5) is 4.39 Å². The quantitative estimate of drug-likeness (QED) is 0.776. The van der Waals surface area contributed by atoms with Crippen LogP contribution in [0.15, 0.2) is 18.2 Å². The van der Waals surface area contributed by atoms with E-state index in [9.17, 15) is 4.39 Å². The summed E-state index contributed by atoms with van der Waals surface area (Å²) in [6.07, 6.45) is 1.88. The number of halogens is 2. The molecule has 1 aromatic carbocycles. The van der Waals surface area contributed by atoms with Crippen LogP contribution in [0, 0.1) is 5.82 Å². The van der Waals surface area contributed by atoms with Gasteiger partial charge in [0.2, 0.25) is 0 Å². The van der Waals surface area contributed by atoms with Crippen molar-refractivity contribution in [1.29, 1.82) is 0 Å². The zero-order valence-electron chi connectivity index (χ0n) is 13.8. The summed E-state index contributed by atoms with van der Waals surface area (Å²) in [7, 11) is 1.99. The molecular formula is C17H28ClFN2. The molecule has 1 rings (SSSR count). The molecule has 1 aromatic rings. The first kappa shape index (κ1) is 18.4. The number of nitrogens with zero attached hydrogens (tertiary/aromatic N) is 1. The number of hydrogen-bond donors (Lipinski definition) is 1. The van der Waals surface area contributed by atoms with E-state index in [1.165, 1.54) is 6.07 Å². The van der Waals surface area contributed by atoms with Gasteiger partial charge in [0.15, 0.2) is 0 Å². The normalized spacial score (nSPS) is 16.0. The van der Waals surface area contributed by atoms with Gasteiger partial charge in [-0.25, -0.2) is 4.39 Å². The number of likely N-dealkylation sites (N-methyl/N-ethyl adjacent to an activating group) is 2. The lowest BCUT2D eigenvalue weighted by molar-refractivity contribution is 0.0730. The molecule has 0 saturated heterocycles. The summed E-state index contributed by atoms with van der Waals surface area (Å²) >= 11 is 5.90. The second kappa shape index (κ2) is 8.11. The third kappa shape index (κ3) is 4.18. The van der Waals surface area contributed by atoms with Crippen LogP contribution < -0.4 is 5.32 Å². The molecular weight excluding hydrogens is 287 g/mol. The Morgan fingerprint density at radius 3 is 2.33 bits per heavy atom. The minimum Gasteiger partial charge on any atom is -0.315 e. The summed E-state index contributed by atoms with van der Waals surface area (Å²) in [5, 5.41) is 3.64. The van der Waals surface area contributed by atoms with E-state index in [0.29, 0.717) is 0 Å². The minimum atomic E-state index is -0.358. The molecule has 1 N–H and O–H groups in total. The molecule has 0 spiro atoms. The molecule has 0 bridgehead atoms. The lowest BCUT2D eigenvalue weighted by Crippen LogP contribution is -2.59. The topological polar surface area (TPSA) is 15.3 Å². The molecule has 0 aliphatic rings. The van der Waals surface area contributed by atoms with Gasteiger partial charge in [0, 0.05) is 11.6 Å². The summed E-state index contributed by atoms with van der Waals surface area (Å²) in [6, 6.07) is 5.29. The fourth-order valence-corrected chi connectivity index (χ4v) is 3.37. The summed E-state index contributed by atoms with van der Waals surface area (Å²) in [4.78, 5) is 2.49. The van der Waals surface area contributed by atoms with Gasteiger partial charge in [0.05, 0.1) is 5.02 Å². The van der Waals surface area contributed by atoms with E-state index < -0.39 is 0 Å². The van der Waals surface area contributed by atoms with E-state index in [1.807, 2.05) is 13.1 Å². The van der Waals surface area contributed by atoms with Gasteiger partial charge in [-0.05, 0) is 57.6 Å². The Balaban J connectivity index is 3.01. The number of rotatable bonds is 8. The summed E-state index contributed by atoms with van der Waals surface area (Å²) < 4.78 is 13.3. The predicted molar refractivity (Wildman–Crippen MR) is 89.6 cm³/mol. The summed E-state index contributed by atoms with van der Waals surface area (Å²) in [6.45, 7) is 10.9. The van der Waals surface area contributed by atoms with Crippen molar-refractivity contribution in [3.63, 3.8) is 0 Å². The zero-order valence-corrected chi connectivity index (χ0v) is 14.6. The molecule has 0 aliphatic carbocycles.